The van der Waals surface area contributed by atoms with E-state index in [-0.39, 0.29) is 23.5 Å². The minimum atomic E-state index is -4.03. The molecular formula is C14H14FN3O3S. The van der Waals surface area contributed by atoms with Crippen LogP contribution >= 0.6 is 0 Å². The minimum absolute atomic E-state index is 0.0315. The normalized spacial score (nSPS) is 15.0. The van der Waals surface area contributed by atoms with Crippen LogP contribution in [0.5, 0.6) is 0 Å². The number of H-pyrrole nitrogens is 1. The third-order valence-electron chi connectivity index (χ3n) is 3.64. The van der Waals surface area contributed by atoms with E-state index >= 15 is 0 Å². The first kappa shape index (κ1) is 14.9. The van der Waals surface area contributed by atoms with Gasteiger partial charge in [-0.1, -0.05) is 12.1 Å². The Morgan fingerprint density at radius 3 is 2.68 bits per heavy atom. The van der Waals surface area contributed by atoms with E-state index in [1.807, 2.05) is 0 Å². The molecule has 0 aliphatic carbocycles. The van der Waals surface area contributed by atoms with E-state index in [1.54, 1.807) is 6.92 Å². The number of rotatable bonds is 2. The van der Waals surface area contributed by atoms with Crippen molar-refractivity contribution in [3.63, 3.8) is 0 Å². The Hall–Kier alpha value is -2.06. The smallest absolute Gasteiger partial charge is 0.255 e. The number of aryl methyl sites for hydroxylation is 2. The zero-order valence-corrected chi connectivity index (χ0v) is 12.9. The molecule has 2 aromatic rings. The predicted molar refractivity (Wildman–Crippen MR) is 77.2 cm³/mol. The molecule has 1 aromatic carbocycles. The number of aromatic nitrogens is 2. The molecule has 0 saturated heterocycles. The van der Waals surface area contributed by atoms with Gasteiger partial charge < -0.3 is 4.98 Å². The van der Waals surface area contributed by atoms with Crippen LogP contribution < -0.4 is 5.56 Å². The van der Waals surface area contributed by atoms with Gasteiger partial charge in [0, 0.05) is 6.54 Å². The van der Waals surface area contributed by atoms with Gasteiger partial charge in [-0.15, -0.1) is 0 Å². The summed E-state index contributed by atoms with van der Waals surface area (Å²) in [6.07, 6.45) is 0. The Morgan fingerprint density at radius 1 is 1.27 bits per heavy atom. The first-order valence-corrected chi connectivity index (χ1v) is 8.08. The molecule has 22 heavy (non-hydrogen) atoms. The molecule has 116 valence electrons. The van der Waals surface area contributed by atoms with E-state index in [9.17, 15) is 17.6 Å². The second kappa shape index (κ2) is 4.99. The quantitative estimate of drug-likeness (QED) is 0.901. The van der Waals surface area contributed by atoms with Crippen molar-refractivity contribution in [1.29, 1.82) is 0 Å². The van der Waals surface area contributed by atoms with Gasteiger partial charge >= 0.3 is 0 Å². The lowest BCUT2D eigenvalue weighted by atomic mass is 10.2. The van der Waals surface area contributed by atoms with Gasteiger partial charge in [0.15, 0.2) is 0 Å². The summed E-state index contributed by atoms with van der Waals surface area (Å²) >= 11 is 0. The molecule has 0 unspecified atom stereocenters. The van der Waals surface area contributed by atoms with Crippen molar-refractivity contribution in [2.24, 2.45) is 0 Å². The number of sulfonamides is 1. The van der Waals surface area contributed by atoms with Gasteiger partial charge in [-0.2, -0.15) is 4.31 Å². The molecule has 0 saturated carbocycles. The Kier molecular flexibility index (Phi) is 3.37. The van der Waals surface area contributed by atoms with Crippen molar-refractivity contribution in [2.75, 3.05) is 0 Å². The van der Waals surface area contributed by atoms with Crippen LogP contribution in [0.15, 0.2) is 27.9 Å². The summed E-state index contributed by atoms with van der Waals surface area (Å²) in [5.41, 5.74) is 0.696. The van der Waals surface area contributed by atoms with E-state index in [4.69, 9.17) is 0 Å². The molecule has 1 N–H and O–H groups in total. The molecule has 2 heterocycles. The van der Waals surface area contributed by atoms with E-state index in [0.717, 1.165) is 10.4 Å². The van der Waals surface area contributed by atoms with Gasteiger partial charge in [-0.3, -0.25) is 4.79 Å². The van der Waals surface area contributed by atoms with Crippen LogP contribution in [0.25, 0.3) is 0 Å². The van der Waals surface area contributed by atoms with Crippen LogP contribution in [0, 0.1) is 19.7 Å². The number of hydrogen-bond acceptors (Lipinski definition) is 4. The van der Waals surface area contributed by atoms with Crippen LogP contribution in [0.4, 0.5) is 4.39 Å². The fraction of sp³-hybridized carbons (Fsp3) is 0.286. The largest absolute Gasteiger partial charge is 0.310 e. The number of nitrogens with one attached hydrogen (secondary N) is 1. The highest BCUT2D eigenvalue weighted by Crippen LogP contribution is 2.29. The van der Waals surface area contributed by atoms with Gasteiger partial charge in [0.25, 0.3) is 5.56 Å². The summed E-state index contributed by atoms with van der Waals surface area (Å²) in [6, 6.07) is 4.10. The van der Waals surface area contributed by atoms with Crippen molar-refractivity contribution in [3.8, 4) is 0 Å². The van der Waals surface area contributed by atoms with Gasteiger partial charge in [-0.05, 0) is 25.5 Å². The number of aromatic amines is 1. The molecule has 0 fully saturated rings. The van der Waals surface area contributed by atoms with Crippen molar-refractivity contribution in [2.45, 2.75) is 31.8 Å². The van der Waals surface area contributed by atoms with Crippen LogP contribution in [0.1, 0.15) is 22.6 Å². The van der Waals surface area contributed by atoms with Crippen molar-refractivity contribution >= 4 is 10.0 Å². The summed E-state index contributed by atoms with van der Waals surface area (Å²) in [5.74, 6) is -0.376. The Balaban J connectivity index is 2.07. The standard InChI is InChI=1S/C14H14FN3O3S/c1-8-4-3-5-11(15)13(8)22(20,21)18-6-10-12(7-18)16-9(2)17-14(10)19/h3-5H,6-7H2,1-2H3,(H,16,17,19). The zero-order valence-electron chi connectivity index (χ0n) is 12.1. The average Bonchev–Trinajstić information content (AvgIpc) is 2.83. The summed E-state index contributed by atoms with van der Waals surface area (Å²) < 4.78 is 40.4. The number of nitrogens with zero attached hydrogens (tertiary/aromatic N) is 2. The van der Waals surface area contributed by atoms with Crippen LogP contribution in [0.3, 0.4) is 0 Å². The zero-order chi connectivity index (χ0) is 16.1. The van der Waals surface area contributed by atoms with E-state index < -0.39 is 15.8 Å². The maximum absolute atomic E-state index is 14.0. The number of fused-ring (bicyclic) bond motifs is 1. The number of hydrogen-bond donors (Lipinski definition) is 1. The SMILES string of the molecule is Cc1nc2c(c(=O)[nH]1)CN(S(=O)(=O)c1c(C)cccc1F)C2. The van der Waals surface area contributed by atoms with Gasteiger partial charge in [0.2, 0.25) is 10.0 Å². The third-order valence-corrected chi connectivity index (χ3v) is 5.61. The second-order valence-corrected chi connectivity index (χ2v) is 7.11. The summed E-state index contributed by atoms with van der Waals surface area (Å²) in [7, 11) is -4.03. The lowest BCUT2D eigenvalue weighted by molar-refractivity contribution is 0.424. The molecule has 1 aliphatic heterocycles. The fourth-order valence-corrected chi connectivity index (χ4v) is 4.24. The first-order chi connectivity index (χ1) is 10.3. The van der Waals surface area contributed by atoms with E-state index in [1.165, 1.54) is 19.1 Å². The van der Waals surface area contributed by atoms with Crippen LogP contribution in [-0.4, -0.2) is 22.7 Å². The average molecular weight is 323 g/mol. The molecular weight excluding hydrogens is 309 g/mol. The second-order valence-electron chi connectivity index (χ2n) is 5.24. The molecule has 0 amide bonds. The van der Waals surface area contributed by atoms with E-state index in [2.05, 4.69) is 9.97 Å². The maximum atomic E-state index is 14.0. The highest BCUT2D eigenvalue weighted by atomic mass is 32.2. The minimum Gasteiger partial charge on any atom is -0.310 e. The molecule has 0 radical (unpaired) electrons. The summed E-state index contributed by atoms with van der Waals surface area (Å²) in [5, 5.41) is 0. The molecule has 6 nitrogen and oxygen atoms in total. The fourth-order valence-electron chi connectivity index (χ4n) is 2.60. The van der Waals surface area contributed by atoms with Crippen LogP contribution in [0.2, 0.25) is 0 Å². The first-order valence-electron chi connectivity index (χ1n) is 6.64. The van der Waals surface area contributed by atoms with Gasteiger partial charge in [-0.25, -0.2) is 17.8 Å². The molecule has 1 aromatic heterocycles. The lowest BCUT2D eigenvalue weighted by Crippen LogP contribution is -2.28. The third kappa shape index (κ3) is 2.24. The molecule has 3 rings (SSSR count). The lowest BCUT2D eigenvalue weighted by Gasteiger charge is -2.17. The number of halogens is 1. The Morgan fingerprint density at radius 2 is 2.00 bits per heavy atom. The van der Waals surface area contributed by atoms with E-state index in [0.29, 0.717) is 22.6 Å². The van der Waals surface area contributed by atoms with Crippen LogP contribution in [-0.2, 0) is 23.1 Å². The maximum Gasteiger partial charge on any atom is 0.255 e. The molecule has 8 heteroatoms. The number of benzene rings is 1. The molecule has 0 bridgehead atoms. The topological polar surface area (TPSA) is 83.1 Å². The Bertz CT molecular complexity index is 901. The van der Waals surface area contributed by atoms with Crippen molar-refractivity contribution < 1.29 is 12.8 Å². The molecule has 1 aliphatic rings. The van der Waals surface area contributed by atoms with Gasteiger partial charge in [0.05, 0.1) is 17.8 Å². The summed E-state index contributed by atoms with van der Waals surface area (Å²) in [6.45, 7) is 3.03. The van der Waals surface area contributed by atoms with Gasteiger partial charge in [0.1, 0.15) is 16.5 Å². The Labute approximate surface area is 126 Å². The summed E-state index contributed by atoms with van der Waals surface area (Å²) in [4.78, 5) is 18.2. The molecule has 0 atom stereocenters. The highest BCUT2D eigenvalue weighted by Gasteiger charge is 2.35. The monoisotopic (exact) mass is 323 g/mol. The predicted octanol–water partition coefficient (Wildman–Crippen LogP) is 1.23. The van der Waals surface area contributed by atoms with Crippen molar-refractivity contribution in [3.05, 3.63) is 57.0 Å². The van der Waals surface area contributed by atoms with Crippen molar-refractivity contribution in [1.82, 2.24) is 14.3 Å². The highest BCUT2D eigenvalue weighted by molar-refractivity contribution is 7.89. The molecule has 0 spiro atoms.